The monoisotopic (exact) mass is 422 g/mol. The van der Waals surface area contributed by atoms with Gasteiger partial charge in [0.15, 0.2) is 0 Å². The Morgan fingerprint density at radius 3 is 2.17 bits per heavy atom. The summed E-state index contributed by atoms with van der Waals surface area (Å²) in [4.78, 5) is 0.206. The number of rotatable bonds is 4. The molecule has 2 heterocycles. The zero-order valence-corrected chi connectivity index (χ0v) is 15.9. The van der Waals surface area contributed by atoms with Crippen LogP contribution in [-0.4, -0.2) is 45.5 Å². The molecule has 3 rings (SSSR count). The van der Waals surface area contributed by atoms with Gasteiger partial charge >= 0.3 is 0 Å². The first-order chi connectivity index (χ1) is 10.7. The van der Waals surface area contributed by atoms with Gasteiger partial charge in [0.05, 0.1) is 11.2 Å². The van der Waals surface area contributed by atoms with Crippen molar-refractivity contribution in [1.82, 2.24) is 9.03 Å². The van der Waals surface area contributed by atoms with Crippen molar-refractivity contribution in [2.24, 2.45) is 0 Å². The van der Waals surface area contributed by atoms with E-state index in [2.05, 4.69) is 20.7 Å². The number of piperidine rings is 1. The highest BCUT2D eigenvalue weighted by molar-refractivity contribution is 9.10. The lowest BCUT2D eigenvalue weighted by Gasteiger charge is -2.37. The summed E-state index contributed by atoms with van der Waals surface area (Å²) in [5.41, 5.74) is 0. The molecule has 2 atom stereocenters. The fraction of sp³-hybridized carbons (Fsp3) is 0.571. The third kappa shape index (κ3) is 3.48. The van der Waals surface area contributed by atoms with Crippen LogP contribution in [0.3, 0.4) is 0 Å². The maximum atomic E-state index is 12.6. The van der Waals surface area contributed by atoms with Crippen molar-refractivity contribution in [3.05, 3.63) is 28.7 Å². The zero-order valence-electron chi connectivity index (χ0n) is 12.6. The van der Waals surface area contributed by atoms with Crippen LogP contribution < -0.4 is 4.72 Å². The number of hydrogen-bond acceptors (Lipinski definition) is 4. The molecule has 0 saturated carbocycles. The Bertz CT molecular complexity index is 796. The van der Waals surface area contributed by atoms with Crippen LogP contribution in [0.2, 0.25) is 0 Å². The zero-order chi connectivity index (χ0) is 16.8. The van der Waals surface area contributed by atoms with Gasteiger partial charge in [-0.1, -0.05) is 12.1 Å². The van der Waals surface area contributed by atoms with Gasteiger partial charge < -0.3 is 0 Å². The average molecular weight is 423 g/mol. The van der Waals surface area contributed by atoms with E-state index in [0.717, 1.165) is 12.8 Å². The van der Waals surface area contributed by atoms with Crippen LogP contribution in [0.15, 0.2) is 33.6 Å². The van der Waals surface area contributed by atoms with E-state index in [-0.39, 0.29) is 23.0 Å². The smallest absolute Gasteiger partial charge is 0.212 e. The van der Waals surface area contributed by atoms with Gasteiger partial charge in [-0.15, -0.1) is 0 Å². The summed E-state index contributed by atoms with van der Waals surface area (Å²) in [7, 11) is -6.87. The molecule has 128 valence electrons. The molecule has 2 bridgehead atoms. The van der Waals surface area contributed by atoms with Crippen molar-refractivity contribution in [3.8, 4) is 0 Å². The predicted molar refractivity (Wildman–Crippen MR) is 91.0 cm³/mol. The summed E-state index contributed by atoms with van der Waals surface area (Å²) in [6, 6.07) is 6.23. The fourth-order valence-corrected chi connectivity index (χ4v) is 7.45. The van der Waals surface area contributed by atoms with Gasteiger partial charge in [-0.05, 0) is 53.7 Å². The normalized spacial score (nSPS) is 28.9. The first kappa shape index (κ1) is 17.3. The van der Waals surface area contributed by atoms with Crippen molar-refractivity contribution >= 4 is 36.0 Å². The highest BCUT2D eigenvalue weighted by Crippen LogP contribution is 2.38. The van der Waals surface area contributed by atoms with Crippen LogP contribution >= 0.6 is 15.9 Å². The second kappa shape index (κ2) is 6.11. The molecule has 9 heteroatoms. The lowest BCUT2D eigenvalue weighted by Crippen LogP contribution is -2.52. The van der Waals surface area contributed by atoms with E-state index < -0.39 is 20.0 Å². The minimum Gasteiger partial charge on any atom is -0.212 e. The standard InChI is InChI=1S/C14H19BrN2O4S2/c1-22(18,19)17-11-6-7-12(17)9-10(8-11)16-23(20,21)14-5-3-2-4-13(14)15/h2-5,10-12,16H,6-9H2,1H3. The van der Waals surface area contributed by atoms with Gasteiger partial charge in [-0.3, -0.25) is 0 Å². The minimum absolute atomic E-state index is 0.101. The number of benzene rings is 1. The molecule has 1 aromatic rings. The van der Waals surface area contributed by atoms with Crippen molar-refractivity contribution in [3.63, 3.8) is 0 Å². The maximum absolute atomic E-state index is 12.6. The number of nitrogens with zero attached hydrogens (tertiary/aromatic N) is 1. The van der Waals surface area contributed by atoms with E-state index in [1.54, 1.807) is 28.6 Å². The van der Waals surface area contributed by atoms with E-state index in [9.17, 15) is 16.8 Å². The molecule has 1 N–H and O–H groups in total. The molecule has 2 unspecified atom stereocenters. The Hall–Kier alpha value is -0.480. The first-order valence-corrected chi connectivity index (χ1v) is 11.6. The number of nitrogens with one attached hydrogen (secondary N) is 1. The van der Waals surface area contributed by atoms with Crippen molar-refractivity contribution in [2.75, 3.05) is 6.26 Å². The van der Waals surface area contributed by atoms with E-state index in [1.165, 1.54) is 6.26 Å². The SMILES string of the molecule is CS(=O)(=O)N1C2CCC1CC(NS(=O)(=O)c1ccccc1Br)C2. The van der Waals surface area contributed by atoms with Gasteiger partial charge in [-0.25, -0.2) is 21.6 Å². The minimum atomic E-state index is -3.63. The second-order valence-electron chi connectivity index (χ2n) is 6.20. The molecular weight excluding hydrogens is 404 g/mol. The summed E-state index contributed by atoms with van der Waals surface area (Å²) >= 11 is 3.26. The second-order valence-corrected chi connectivity index (χ2v) is 10.6. The van der Waals surface area contributed by atoms with Crippen LogP contribution in [0.25, 0.3) is 0 Å². The molecule has 2 fully saturated rings. The topological polar surface area (TPSA) is 83.6 Å². The Morgan fingerprint density at radius 2 is 1.65 bits per heavy atom. The Morgan fingerprint density at radius 1 is 1.09 bits per heavy atom. The molecule has 23 heavy (non-hydrogen) atoms. The van der Waals surface area contributed by atoms with E-state index in [4.69, 9.17) is 0 Å². The third-order valence-electron chi connectivity index (χ3n) is 4.50. The molecule has 0 spiro atoms. The average Bonchev–Trinajstić information content (AvgIpc) is 2.71. The number of hydrogen-bond donors (Lipinski definition) is 1. The van der Waals surface area contributed by atoms with E-state index in [1.807, 2.05) is 0 Å². The van der Waals surface area contributed by atoms with Crippen molar-refractivity contribution in [1.29, 1.82) is 0 Å². The molecule has 2 aliphatic heterocycles. The van der Waals surface area contributed by atoms with Crippen LogP contribution in [-0.2, 0) is 20.0 Å². The summed E-state index contributed by atoms with van der Waals surface area (Å²) in [6.07, 6.45) is 3.86. The van der Waals surface area contributed by atoms with Crippen LogP contribution in [0.1, 0.15) is 25.7 Å². The largest absolute Gasteiger partial charge is 0.241 e. The highest BCUT2D eigenvalue weighted by Gasteiger charge is 2.46. The van der Waals surface area contributed by atoms with E-state index in [0.29, 0.717) is 17.3 Å². The van der Waals surface area contributed by atoms with Crippen LogP contribution in [0.5, 0.6) is 0 Å². The molecule has 0 aromatic heterocycles. The number of fused-ring (bicyclic) bond motifs is 2. The number of sulfonamides is 2. The lowest BCUT2D eigenvalue weighted by atomic mass is 10.0. The molecule has 1 aromatic carbocycles. The molecular formula is C14H19BrN2O4S2. The fourth-order valence-electron chi connectivity index (χ4n) is 3.72. The summed E-state index contributed by atoms with van der Waals surface area (Å²) in [5, 5.41) is 0. The molecule has 6 nitrogen and oxygen atoms in total. The summed E-state index contributed by atoms with van der Waals surface area (Å²) in [5.74, 6) is 0. The first-order valence-electron chi connectivity index (χ1n) is 7.44. The van der Waals surface area contributed by atoms with E-state index >= 15 is 0 Å². The third-order valence-corrected chi connectivity index (χ3v) is 8.39. The van der Waals surface area contributed by atoms with Gasteiger partial charge in [0, 0.05) is 22.6 Å². The highest BCUT2D eigenvalue weighted by atomic mass is 79.9. The molecule has 0 aliphatic carbocycles. The van der Waals surface area contributed by atoms with Crippen LogP contribution in [0, 0.1) is 0 Å². The van der Waals surface area contributed by atoms with Crippen LogP contribution in [0.4, 0.5) is 0 Å². The van der Waals surface area contributed by atoms with Gasteiger partial charge in [0.1, 0.15) is 0 Å². The maximum Gasteiger partial charge on any atom is 0.241 e. The molecule has 2 saturated heterocycles. The van der Waals surface area contributed by atoms with Gasteiger partial charge in [-0.2, -0.15) is 4.31 Å². The Balaban J connectivity index is 1.78. The Kier molecular flexibility index (Phi) is 4.61. The summed E-state index contributed by atoms with van der Waals surface area (Å²) in [6.45, 7) is 0. The van der Waals surface area contributed by atoms with Gasteiger partial charge in [0.25, 0.3) is 0 Å². The van der Waals surface area contributed by atoms with Crippen molar-refractivity contribution in [2.45, 2.75) is 48.7 Å². The molecule has 2 aliphatic rings. The van der Waals surface area contributed by atoms with Crippen molar-refractivity contribution < 1.29 is 16.8 Å². The summed E-state index contributed by atoms with van der Waals surface area (Å²) < 4.78 is 53.7. The lowest BCUT2D eigenvalue weighted by molar-refractivity contribution is 0.221. The molecule has 0 radical (unpaired) electrons. The number of halogens is 1. The quantitative estimate of drug-likeness (QED) is 0.799. The predicted octanol–water partition coefficient (Wildman–Crippen LogP) is 1.68. The Labute approximate surface area is 145 Å². The molecule has 0 amide bonds. The van der Waals surface area contributed by atoms with Gasteiger partial charge in [0.2, 0.25) is 20.0 Å².